The predicted molar refractivity (Wildman–Crippen MR) is 295 cm³/mol. The third-order valence-corrected chi connectivity index (χ3v) is 30.6. The van der Waals surface area contributed by atoms with Gasteiger partial charge in [0.25, 0.3) is 5.56 Å². The Morgan fingerprint density at radius 1 is 0.800 bits per heavy atom. The maximum atomic E-state index is 15.7. The van der Waals surface area contributed by atoms with Crippen molar-refractivity contribution in [1.82, 2.24) is 18.9 Å². The van der Waals surface area contributed by atoms with E-state index in [-0.39, 0.29) is 47.5 Å². The van der Waals surface area contributed by atoms with Gasteiger partial charge in [0.2, 0.25) is 5.91 Å². The van der Waals surface area contributed by atoms with Crippen molar-refractivity contribution in [1.29, 1.82) is 0 Å². The van der Waals surface area contributed by atoms with Crippen LogP contribution in [0.4, 0.5) is 0 Å². The second-order valence-corrected chi connectivity index (χ2v) is 39.6. The first-order valence-electron chi connectivity index (χ1n) is 26.7. The van der Waals surface area contributed by atoms with Gasteiger partial charge in [-0.25, -0.2) is 9.36 Å². The normalized spacial score (nSPS) is 27.5. The molecule has 0 aliphatic carbocycles. The molecular formula is C53H89N7O12Si3. The van der Waals surface area contributed by atoms with E-state index in [2.05, 4.69) is 112 Å². The molecule has 1 aromatic carbocycles. The molecule has 19 nitrogen and oxygen atoms in total. The molecule has 6 rings (SSSR count). The lowest BCUT2D eigenvalue weighted by molar-refractivity contribution is -0.271. The molecule has 22 heteroatoms. The summed E-state index contributed by atoms with van der Waals surface area (Å²) in [6.07, 6.45) is -4.41. The summed E-state index contributed by atoms with van der Waals surface area (Å²) in [5.41, 5.74) is 9.84. The molecule has 1 unspecified atom stereocenters. The van der Waals surface area contributed by atoms with Gasteiger partial charge in [-0.15, -0.1) is 0 Å². The van der Waals surface area contributed by atoms with Gasteiger partial charge in [-0.1, -0.05) is 112 Å². The zero-order valence-corrected chi connectivity index (χ0v) is 51.4. The fourth-order valence-electron chi connectivity index (χ4n) is 9.09. The second kappa shape index (κ2) is 23.2. The Bertz CT molecular complexity index is 2490. The van der Waals surface area contributed by atoms with E-state index in [1.54, 1.807) is 11.9 Å². The van der Waals surface area contributed by atoms with Gasteiger partial charge in [0.1, 0.15) is 49.4 Å². The first-order valence-corrected chi connectivity index (χ1v) is 35.4. The second-order valence-electron chi connectivity index (χ2n) is 25.3. The van der Waals surface area contributed by atoms with Crippen molar-refractivity contribution in [2.45, 2.75) is 224 Å². The Labute approximate surface area is 448 Å². The Morgan fingerprint density at radius 3 is 1.96 bits per heavy atom. The number of amides is 1. The molecule has 0 radical (unpaired) electrons. The highest BCUT2D eigenvalue weighted by molar-refractivity contribution is 6.75. The van der Waals surface area contributed by atoms with Crippen LogP contribution < -0.4 is 11.2 Å². The molecule has 4 aliphatic heterocycles. The highest BCUT2D eigenvalue weighted by Gasteiger charge is 2.63. The van der Waals surface area contributed by atoms with Crippen molar-refractivity contribution >= 4 is 30.9 Å². The molecule has 75 heavy (non-hydrogen) atoms. The minimum atomic E-state index is -2.83. The molecule has 5 heterocycles. The minimum absolute atomic E-state index is 0.0587. The van der Waals surface area contributed by atoms with E-state index < -0.39 is 103 Å². The largest absolute Gasteiger partial charge is 0.411 e. The van der Waals surface area contributed by atoms with Gasteiger partial charge in [0, 0.05) is 36.5 Å². The van der Waals surface area contributed by atoms with E-state index in [0.29, 0.717) is 25.1 Å². The Hall–Kier alpha value is -3.33. The van der Waals surface area contributed by atoms with Gasteiger partial charge >= 0.3 is 5.69 Å². The van der Waals surface area contributed by atoms with Gasteiger partial charge < -0.3 is 46.6 Å². The number of ether oxygens (including phenoxy) is 6. The number of carbonyl (C=O) groups is 1. The van der Waals surface area contributed by atoms with Crippen LogP contribution in [-0.2, 0) is 59.8 Å². The summed E-state index contributed by atoms with van der Waals surface area (Å²) in [4.78, 5) is 51.0. The number of hydrogen-bond acceptors (Lipinski definition) is 14. The number of fused-ring (bicyclic) bond motifs is 1. The van der Waals surface area contributed by atoms with Crippen LogP contribution in [0.3, 0.4) is 0 Å². The van der Waals surface area contributed by atoms with E-state index in [1.165, 1.54) is 16.8 Å². The van der Waals surface area contributed by atoms with Crippen LogP contribution in [0.1, 0.15) is 101 Å². The lowest BCUT2D eigenvalue weighted by atomic mass is 9.97. The van der Waals surface area contributed by atoms with Gasteiger partial charge in [0.05, 0.1) is 25.9 Å². The summed E-state index contributed by atoms with van der Waals surface area (Å²) in [5.74, 6) is -1.27. The van der Waals surface area contributed by atoms with E-state index in [9.17, 15) is 10.3 Å². The molecule has 420 valence electrons. The predicted octanol–water partition coefficient (Wildman–Crippen LogP) is 9.26. The highest BCUT2D eigenvalue weighted by Crippen LogP contribution is 2.49. The molecule has 10 atom stereocenters. The Kier molecular flexibility index (Phi) is 18.8. The molecule has 0 saturated carbocycles. The summed E-state index contributed by atoms with van der Waals surface area (Å²) >= 11 is 0. The zero-order chi connectivity index (χ0) is 55.9. The first kappa shape index (κ1) is 60.9. The number of carbonyl (C=O) groups excluding carboxylic acids is 1. The van der Waals surface area contributed by atoms with Crippen LogP contribution >= 0.6 is 0 Å². The van der Waals surface area contributed by atoms with Crippen LogP contribution in [0.25, 0.3) is 10.4 Å². The van der Waals surface area contributed by atoms with Crippen molar-refractivity contribution in [2.24, 2.45) is 5.11 Å². The quantitative estimate of drug-likeness (QED) is 0.0527. The van der Waals surface area contributed by atoms with Gasteiger partial charge in [0.15, 0.2) is 43.3 Å². The Morgan fingerprint density at radius 2 is 1.39 bits per heavy atom. The van der Waals surface area contributed by atoms with Gasteiger partial charge in [-0.3, -0.25) is 19.1 Å². The SMILES string of the molecule is CCC1(CC)O[C@H]2[C@H](OC([C@H]3O[C@@H](n4ccc(=O)n(COCc5ccccc5)c4=O)[C@H](O[Si](C)(C)C(C)(C)C)[C@@H]3O[Si](C)(C)C(C)(C)C)[C@H]3C(=O)N(C)C(CO[Si](C)(C)C(C)(C)C)=CCN3C)O[C@H](CN=[N+]=[N-])[C@H]2O1. The highest BCUT2D eigenvalue weighted by atomic mass is 28.4. The molecule has 4 aliphatic rings. The van der Waals surface area contributed by atoms with Crippen LogP contribution in [0, 0.1) is 0 Å². The zero-order valence-electron chi connectivity index (χ0n) is 48.4. The lowest BCUT2D eigenvalue weighted by Gasteiger charge is -2.45. The van der Waals surface area contributed by atoms with E-state index in [0.717, 1.165) is 10.1 Å². The number of likely N-dealkylation sites (N-methyl/N-ethyl adjacent to an activating group) is 2. The van der Waals surface area contributed by atoms with Crippen LogP contribution in [0.5, 0.6) is 0 Å². The number of azide groups is 1. The van der Waals surface area contributed by atoms with Crippen molar-refractivity contribution in [3.05, 3.63) is 91.2 Å². The third kappa shape index (κ3) is 13.1. The molecule has 1 amide bonds. The average Bonchev–Trinajstić information content (AvgIpc) is 3.95. The molecular weight excluding hydrogens is 1010 g/mol. The number of aromatic nitrogens is 2. The fraction of sp³-hybridized carbons (Fsp3) is 0.755. The van der Waals surface area contributed by atoms with Crippen molar-refractivity contribution in [3.8, 4) is 0 Å². The van der Waals surface area contributed by atoms with Crippen molar-refractivity contribution < 1.29 is 46.5 Å². The summed E-state index contributed by atoms with van der Waals surface area (Å²) in [6, 6.07) is 9.76. The number of hydrogen-bond donors (Lipinski definition) is 0. The van der Waals surface area contributed by atoms with E-state index in [1.807, 2.05) is 62.2 Å². The van der Waals surface area contributed by atoms with Crippen molar-refractivity contribution in [3.63, 3.8) is 0 Å². The standard InChI is InChI=1S/C53H89N7O12Si3/c1-20-53(21-2)69-40-37(31-55-56-54)66-48(45(40)70-53)68-41(39-46(62)58(13)36(27-29-57(39)12)33-65-73(14,15)50(3,4)5)42-43(71-74(16,17)51(6,7)8)44(72-75(18,19)52(9,10)11)47(67-42)59-30-28-38(61)60(49(59)63)34-64-32-35-25-23-22-24-26-35/h22-28,30,37,39-45,47-48H,20-21,29,31-34H2,1-19H3/t37-,39+,40-,41?,42-,43-,44-,45-,47-,48+/m1/s1. The number of nitrogens with zero attached hydrogens (tertiary/aromatic N) is 7. The number of benzene rings is 1. The molecule has 3 saturated heterocycles. The molecule has 2 aromatic rings. The third-order valence-electron chi connectivity index (χ3n) is 17.2. The lowest BCUT2D eigenvalue weighted by Crippen LogP contribution is -2.61. The van der Waals surface area contributed by atoms with E-state index >= 15 is 9.59 Å². The summed E-state index contributed by atoms with van der Waals surface area (Å²) in [5, 5.41) is 3.17. The smallest absolute Gasteiger partial charge is 0.335 e. The summed E-state index contributed by atoms with van der Waals surface area (Å²) in [7, 11) is -4.28. The molecule has 1 aromatic heterocycles. The molecule has 3 fully saturated rings. The topological polar surface area (TPSA) is 199 Å². The maximum Gasteiger partial charge on any atom is 0.335 e. The first-order chi connectivity index (χ1) is 34.7. The maximum absolute atomic E-state index is 15.7. The Balaban J connectivity index is 1.56. The monoisotopic (exact) mass is 1100 g/mol. The fourth-order valence-corrected chi connectivity index (χ4v) is 12.6. The van der Waals surface area contributed by atoms with Crippen molar-refractivity contribution in [2.75, 3.05) is 33.8 Å². The summed E-state index contributed by atoms with van der Waals surface area (Å²) < 4.78 is 65.3. The molecule has 0 spiro atoms. The van der Waals surface area contributed by atoms with Gasteiger partial charge in [-0.05, 0) is 91.5 Å². The van der Waals surface area contributed by atoms with Crippen LogP contribution in [0.15, 0.2) is 69.1 Å². The van der Waals surface area contributed by atoms with Crippen LogP contribution in [-0.4, -0.2) is 144 Å². The molecule has 0 bridgehead atoms. The van der Waals surface area contributed by atoms with Crippen LogP contribution in [0.2, 0.25) is 54.4 Å². The molecule has 0 N–H and O–H groups in total. The van der Waals surface area contributed by atoms with E-state index in [4.69, 9.17) is 41.7 Å². The average molecular weight is 1100 g/mol. The van der Waals surface area contributed by atoms with Gasteiger partial charge in [-0.2, -0.15) is 0 Å². The summed E-state index contributed by atoms with van der Waals surface area (Å²) in [6.45, 7) is 36.6. The minimum Gasteiger partial charge on any atom is -0.411 e. The number of rotatable bonds is 20.